The lowest BCUT2D eigenvalue weighted by Crippen LogP contribution is -2.40. The number of rotatable bonds is 2. The molecule has 2 nitrogen and oxygen atoms in total. The predicted octanol–water partition coefficient (Wildman–Crippen LogP) is 3.27. The van der Waals surface area contributed by atoms with Gasteiger partial charge in [-0.1, -0.05) is 54.6 Å². The number of nitrogens with zero attached hydrogens (tertiary/aromatic N) is 1. The number of likely N-dealkylation sites (tertiary alicyclic amines) is 1. The van der Waals surface area contributed by atoms with Crippen LogP contribution in [0.3, 0.4) is 0 Å². The number of piperidine rings is 1. The van der Waals surface area contributed by atoms with Gasteiger partial charge in [0.25, 0.3) is 0 Å². The summed E-state index contributed by atoms with van der Waals surface area (Å²) >= 11 is 0. The van der Waals surface area contributed by atoms with Crippen LogP contribution in [0.2, 0.25) is 0 Å². The first-order valence-electron chi connectivity index (χ1n) is 7.24. The fourth-order valence-electron chi connectivity index (χ4n) is 2.88. The van der Waals surface area contributed by atoms with Crippen molar-refractivity contribution in [3.05, 3.63) is 60.2 Å². The number of aliphatic hydroxyl groups is 1. The van der Waals surface area contributed by atoms with Crippen LogP contribution in [0.15, 0.2) is 54.6 Å². The van der Waals surface area contributed by atoms with E-state index in [0.717, 1.165) is 31.5 Å². The summed E-state index contributed by atoms with van der Waals surface area (Å²) in [7, 11) is 2.11. The van der Waals surface area contributed by atoms with Crippen molar-refractivity contribution in [2.24, 2.45) is 0 Å². The summed E-state index contributed by atoms with van der Waals surface area (Å²) in [6.07, 6.45) is 1.63. The van der Waals surface area contributed by atoms with Crippen LogP contribution in [0, 0.1) is 0 Å². The lowest BCUT2D eigenvalue weighted by Gasteiger charge is -2.37. The molecular formula is C18H21NO. The third-order valence-corrected chi connectivity index (χ3v) is 4.34. The highest BCUT2D eigenvalue weighted by Crippen LogP contribution is 2.33. The van der Waals surface area contributed by atoms with Crippen LogP contribution in [-0.2, 0) is 5.60 Å². The third kappa shape index (κ3) is 2.62. The van der Waals surface area contributed by atoms with Gasteiger partial charge in [0.2, 0.25) is 0 Å². The largest absolute Gasteiger partial charge is 0.385 e. The van der Waals surface area contributed by atoms with Gasteiger partial charge in [0.1, 0.15) is 0 Å². The minimum atomic E-state index is -0.651. The van der Waals surface area contributed by atoms with Gasteiger partial charge in [0.15, 0.2) is 0 Å². The maximum atomic E-state index is 10.8. The lowest BCUT2D eigenvalue weighted by molar-refractivity contribution is -0.0203. The fourth-order valence-corrected chi connectivity index (χ4v) is 2.88. The van der Waals surface area contributed by atoms with Crippen LogP contribution in [0.4, 0.5) is 0 Å². The van der Waals surface area contributed by atoms with Gasteiger partial charge < -0.3 is 10.0 Å². The summed E-state index contributed by atoms with van der Waals surface area (Å²) in [4.78, 5) is 2.27. The molecule has 0 unspecified atom stereocenters. The Balaban J connectivity index is 1.83. The molecule has 0 amide bonds. The van der Waals surface area contributed by atoms with E-state index in [2.05, 4.69) is 48.3 Å². The first-order chi connectivity index (χ1) is 9.67. The van der Waals surface area contributed by atoms with E-state index in [1.54, 1.807) is 0 Å². The van der Waals surface area contributed by atoms with Crippen molar-refractivity contribution in [3.63, 3.8) is 0 Å². The van der Waals surface area contributed by atoms with E-state index in [9.17, 15) is 5.11 Å². The Morgan fingerprint density at radius 2 is 1.40 bits per heavy atom. The Morgan fingerprint density at radius 1 is 0.850 bits per heavy atom. The highest BCUT2D eigenvalue weighted by Gasteiger charge is 2.32. The summed E-state index contributed by atoms with van der Waals surface area (Å²) in [5.41, 5.74) is 2.81. The molecular weight excluding hydrogens is 246 g/mol. The van der Waals surface area contributed by atoms with E-state index in [1.165, 1.54) is 11.1 Å². The molecule has 2 aromatic rings. The second kappa shape index (κ2) is 5.39. The monoisotopic (exact) mass is 267 g/mol. The minimum Gasteiger partial charge on any atom is -0.385 e. The van der Waals surface area contributed by atoms with E-state index in [4.69, 9.17) is 0 Å². The molecule has 3 rings (SSSR count). The SMILES string of the molecule is CN1CCC(O)(c2ccc(-c3ccccc3)cc2)CC1. The van der Waals surface area contributed by atoms with E-state index in [0.29, 0.717) is 0 Å². The minimum absolute atomic E-state index is 0.651. The first-order valence-corrected chi connectivity index (χ1v) is 7.24. The Bertz CT molecular complexity index is 554. The molecule has 1 aliphatic heterocycles. The maximum Gasteiger partial charge on any atom is 0.0920 e. The second-order valence-electron chi connectivity index (χ2n) is 5.78. The molecule has 2 aromatic carbocycles. The van der Waals surface area contributed by atoms with Crippen molar-refractivity contribution in [2.45, 2.75) is 18.4 Å². The Kier molecular flexibility index (Phi) is 3.60. The van der Waals surface area contributed by atoms with Gasteiger partial charge in [-0.3, -0.25) is 0 Å². The van der Waals surface area contributed by atoms with Crippen LogP contribution >= 0.6 is 0 Å². The van der Waals surface area contributed by atoms with Gasteiger partial charge in [-0.25, -0.2) is 0 Å². The summed E-state index contributed by atoms with van der Waals surface area (Å²) in [6, 6.07) is 18.7. The summed E-state index contributed by atoms with van der Waals surface area (Å²) in [5, 5.41) is 10.8. The van der Waals surface area contributed by atoms with Gasteiger partial charge in [0, 0.05) is 13.1 Å². The van der Waals surface area contributed by atoms with Crippen LogP contribution in [-0.4, -0.2) is 30.1 Å². The van der Waals surface area contributed by atoms with Crippen LogP contribution in [0.5, 0.6) is 0 Å². The van der Waals surface area contributed by atoms with Crippen molar-refractivity contribution in [1.29, 1.82) is 0 Å². The van der Waals surface area contributed by atoms with Gasteiger partial charge in [-0.15, -0.1) is 0 Å². The summed E-state index contributed by atoms with van der Waals surface area (Å²) in [5.74, 6) is 0. The van der Waals surface area contributed by atoms with Gasteiger partial charge >= 0.3 is 0 Å². The zero-order valence-electron chi connectivity index (χ0n) is 11.9. The van der Waals surface area contributed by atoms with E-state index in [-0.39, 0.29) is 0 Å². The number of hydrogen-bond donors (Lipinski definition) is 1. The van der Waals surface area contributed by atoms with Gasteiger partial charge in [-0.2, -0.15) is 0 Å². The molecule has 0 aromatic heterocycles. The zero-order valence-corrected chi connectivity index (χ0v) is 11.9. The standard InChI is InChI=1S/C18H21NO/c1-19-13-11-18(20,12-14-19)17-9-7-16(8-10-17)15-5-3-2-4-6-15/h2-10,20H,11-14H2,1H3. The van der Waals surface area contributed by atoms with E-state index < -0.39 is 5.60 Å². The average Bonchev–Trinajstić information content (AvgIpc) is 2.52. The van der Waals surface area contributed by atoms with E-state index in [1.807, 2.05) is 18.2 Å². The van der Waals surface area contributed by atoms with Crippen LogP contribution in [0.25, 0.3) is 11.1 Å². The molecule has 1 saturated heterocycles. The first kappa shape index (κ1) is 13.3. The van der Waals surface area contributed by atoms with Crippen LogP contribution in [0.1, 0.15) is 18.4 Å². The van der Waals surface area contributed by atoms with Crippen molar-refractivity contribution in [1.82, 2.24) is 4.90 Å². The lowest BCUT2D eigenvalue weighted by atomic mass is 9.84. The van der Waals surface area contributed by atoms with Crippen molar-refractivity contribution in [3.8, 4) is 11.1 Å². The highest BCUT2D eigenvalue weighted by atomic mass is 16.3. The normalized spacial score (nSPS) is 18.9. The molecule has 0 aliphatic carbocycles. The quantitative estimate of drug-likeness (QED) is 0.902. The van der Waals surface area contributed by atoms with Crippen molar-refractivity contribution in [2.75, 3.05) is 20.1 Å². The molecule has 20 heavy (non-hydrogen) atoms. The Morgan fingerprint density at radius 3 is 2.00 bits per heavy atom. The molecule has 2 heteroatoms. The molecule has 1 aliphatic rings. The topological polar surface area (TPSA) is 23.5 Å². The molecule has 0 atom stereocenters. The predicted molar refractivity (Wildman–Crippen MR) is 82.5 cm³/mol. The fraction of sp³-hybridized carbons (Fsp3) is 0.333. The van der Waals surface area contributed by atoms with Gasteiger partial charge in [-0.05, 0) is 36.6 Å². The Labute approximate surface area is 120 Å². The molecule has 1 fully saturated rings. The van der Waals surface area contributed by atoms with Crippen LogP contribution < -0.4 is 0 Å². The Hall–Kier alpha value is -1.64. The van der Waals surface area contributed by atoms with Crippen molar-refractivity contribution < 1.29 is 5.11 Å². The molecule has 1 N–H and O–H groups in total. The second-order valence-corrected chi connectivity index (χ2v) is 5.78. The molecule has 0 spiro atoms. The summed E-state index contributed by atoms with van der Waals surface area (Å²) in [6.45, 7) is 1.91. The van der Waals surface area contributed by atoms with Crippen molar-refractivity contribution >= 4 is 0 Å². The smallest absolute Gasteiger partial charge is 0.0920 e. The molecule has 0 saturated carbocycles. The molecule has 0 radical (unpaired) electrons. The maximum absolute atomic E-state index is 10.8. The number of hydrogen-bond acceptors (Lipinski definition) is 2. The zero-order chi connectivity index (χ0) is 14.0. The van der Waals surface area contributed by atoms with Gasteiger partial charge in [0.05, 0.1) is 5.60 Å². The average molecular weight is 267 g/mol. The van der Waals surface area contributed by atoms with E-state index >= 15 is 0 Å². The molecule has 104 valence electrons. The third-order valence-electron chi connectivity index (χ3n) is 4.34. The molecule has 0 bridgehead atoms. The number of benzene rings is 2. The summed E-state index contributed by atoms with van der Waals surface area (Å²) < 4.78 is 0. The molecule has 1 heterocycles. The highest BCUT2D eigenvalue weighted by molar-refractivity contribution is 5.63.